The van der Waals surface area contributed by atoms with Gasteiger partial charge >= 0.3 is 12.1 Å². The molecule has 1 aliphatic carbocycles. The van der Waals surface area contributed by atoms with E-state index in [9.17, 15) is 18.0 Å². The molecule has 3 rings (SSSR count). The third-order valence-corrected chi connectivity index (χ3v) is 6.16. The van der Waals surface area contributed by atoms with Crippen LogP contribution in [-0.2, 0) is 15.7 Å². The smallest absolute Gasteiger partial charge is 0.419 e. The zero-order chi connectivity index (χ0) is 24.0. The lowest BCUT2D eigenvalue weighted by Crippen LogP contribution is -2.47. The third kappa shape index (κ3) is 4.37. The van der Waals surface area contributed by atoms with Crippen LogP contribution in [0.3, 0.4) is 0 Å². The molecule has 1 saturated carbocycles. The molecular weight excluding hydrogens is 429 g/mol. The van der Waals surface area contributed by atoms with Crippen LogP contribution in [-0.4, -0.2) is 18.6 Å². The van der Waals surface area contributed by atoms with Gasteiger partial charge in [-0.25, -0.2) is 8.78 Å². The van der Waals surface area contributed by atoms with Crippen LogP contribution in [0.25, 0.3) is 11.1 Å². The van der Waals surface area contributed by atoms with E-state index in [2.05, 4.69) is 0 Å². The van der Waals surface area contributed by atoms with E-state index in [0.717, 1.165) is 5.56 Å². The van der Waals surface area contributed by atoms with E-state index in [1.165, 1.54) is 0 Å². The van der Waals surface area contributed by atoms with E-state index in [-0.39, 0.29) is 25.0 Å². The Morgan fingerprint density at radius 1 is 1.09 bits per heavy atom. The van der Waals surface area contributed by atoms with Gasteiger partial charge in [0.2, 0.25) is 0 Å². The second kappa shape index (κ2) is 8.81. The zero-order valence-corrected chi connectivity index (χ0v) is 18.4. The Balaban J connectivity index is 2.21. The molecule has 0 bridgehead atoms. The van der Waals surface area contributed by atoms with Crippen molar-refractivity contribution in [2.75, 3.05) is 6.61 Å². The molecule has 0 heterocycles. The number of esters is 1. The van der Waals surface area contributed by atoms with Crippen molar-refractivity contribution in [2.24, 2.45) is 11.7 Å². The maximum Gasteiger partial charge on any atom is 0.419 e. The zero-order valence-electron chi connectivity index (χ0n) is 18.4. The molecule has 0 radical (unpaired) electrons. The summed E-state index contributed by atoms with van der Waals surface area (Å²) in [5, 5.41) is 0. The van der Waals surface area contributed by atoms with Gasteiger partial charge in [0.25, 0.3) is 0 Å². The normalized spacial score (nSPS) is 20.8. The molecule has 0 aliphatic heterocycles. The Morgan fingerprint density at radius 2 is 1.69 bits per heavy atom. The van der Waals surface area contributed by atoms with Crippen LogP contribution in [0, 0.1) is 38.3 Å². The summed E-state index contributed by atoms with van der Waals surface area (Å²) in [5.41, 5.74) is 5.80. The average Bonchev–Trinajstić information content (AvgIpc) is 2.65. The van der Waals surface area contributed by atoms with Crippen LogP contribution in [0.15, 0.2) is 18.2 Å². The fourth-order valence-electron chi connectivity index (χ4n) is 4.76. The lowest BCUT2D eigenvalue weighted by Gasteiger charge is -2.43. The van der Waals surface area contributed by atoms with Gasteiger partial charge in [0.05, 0.1) is 18.6 Å². The van der Waals surface area contributed by atoms with Gasteiger partial charge in [-0.3, -0.25) is 4.79 Å². The molecule has 2 unspecified atom stereocenters. The number of hydrogen-bond acceptors (Lipinski definition) is 3. The molecule has 3 nitrogen and oxygen atoms in total. The molecule has 1 aliphatic rings. The molecule has 32 heavy (non-hydrogen) atoms. The monoisotopic (exact) mass is 455 g/mol. The topological polar surface area (TPSA) is 52.3 Å². The highest BCUT2D eigenvalue weighted by molar-refractivity contribution is 5.74. The van der Waals surface area contributed by atoms with Crippen molar-refractivity contribution in [3.05, 3.63) is 57.7 Å². The predicted octanol–water partition coefficient (Wildman–Crippen LogP) is 5.96. The first kappa shape index (κ1) is 24.2. The Hall–Kier alpha value is -2.48. The van der Waals surface area contributed by atoms with Crippen molar-refractivity contribution in [3.8, 4) is 11.1 Å². The third-order valence-electron chi connectivity index (χ3n) is 6.16. The van der Waals surface area contributed by atoms with Gasteiger partial charge < -0.3 is 10.5 Å². The van der Waals surface area contributed by atoms with Crippen molar-refractivity contribution < 1.29 is 31.5 Å². The Labute approximate surface area is 183 Å². The van der Waals surface area contributed by atoms with E-state index < -0.39 is 52.8 Å². The Morgan fingerprint density at radius 3 is 2.19 bits per heavy atom. The van der Waals surface area contributed by atoms with Gasteiger partial charge in [0, 0.05) is 17.2 Å². The molecule has 2 aromatic rings. The summed E-state index contributed by atoms with van der Waals surface area (Å²) >= 11 is 0. The predicted molar refractivity (Wildman–Crippen MR) is 111 cm³/mol. The van der Waals surface area contributed by atoms with Gasteiger partial charge in [0.1, 0.15) is 11.6 Å². The van der Waals surface area contributed by atoms with Crippen molar-refractivity contribution in [2.45, 2.75) is 58.7 Å². The minimum absolute atomic E-state index is 0.0739. The highest BCUT2D eigenvalue weighted by Crippen LogP contribution is 2.49. The van der Waals surface area contributed by atoms with Gasteiger partial charge in [-0.1, -0.05) is 17.7 Å². The number of ether oxygens (including phenoxy) is 1. The van der Waals surface area contributed by atoms with Gasteiger partial charge in [0.15, 0.2) is 0 Å². The average molecular weight is 455 g/mol. The van der Waals surface area contributed by atoms with Crippen molar-refractivity contribution in [3.63, 3.8) is 0 Å². The maximum atomic E-state index is 15.7. The SMILES string of the molecule is CCOC(=O)C[C@@H]1C(N)CC1c1c(F)c(-c2c(C)cc(C)cc2C)cc(C(F)(F)F)c1F. The van der Waals surface area contributed by atoms with E-state index in [1.54, 1.807) is 32.9 Å². The number of carbonyl (C=O) groups excluding carboxylic acids is 1. The van der Waals surface area contributed by atoms with Crippen molar-refractivity contribution in [1.29, 1.82) is 0 Å². The van der Waals surface area contributed by atoms with E-state index in [1.807, 2.05) is 6.92 Å². The first-order chi connectivity index (χ1) is 14.9. The quantitative estimate of drug-likeness (QED) is 0.447. The minimum Gasteiger partial charge on any atom is -0.466 e. The minimum atomic E-state index is -5.02. The number of alkyl halides is 3. The number of hydrogen-bond donors (Lipinski definition) is 1. The maximum absolute atomic E-state index is 15.7. The van der Waals surface area contributed by atoms with Gasteiger partial charge in [-0.15, -0.1) is 0 Å². The number of nitrogens with two attached hydrogens (primary N) is 1. The summed E-state index contributed by atoms with van der Waals surface area (Å²) in [4.78, 5) is 11.9. The van der Waals surface area contributed by atoms with Crippen LogP contribution in [0.5, 0.6) is 0 Å². The first-order valence-corrected chi connectivity index (χ1v) is 10.4. The second-order valence-corrected chi connectivity index (χ2v) is 8.46. The Bertz CT molecular complexity index is 1020. The highest BCUT2D eigenvalue weighted by atomic mass is 19.4. The molecular formula is C24H26F5NO2. The number of carbonyl (C=O) groups is 1. The summed E-state index contributed by atoms with van der Waals surface area (Å²) in [7, 11) is 0. The molecule has 1 fully saturated rings. The number of benzene rings is 2. The summed E-state index contributed by atoms with van der Waals surface area (Å²) in [6.07, 6.45) is -5.16. The van der Waals surface area contributed by atoms with Crippen LogP contribution >= 0.6 is 0 Å². The Kier molecular flexibility index (Phi) is 6.65. The first-order valence-electron chi connectivity index (χ1n) is 10.4. The number of halogens is 5. The fourth-order valence-corrected chi connectivity index (χ4v) is 4.76. The molecule has 0 amide bonds. The lowest BCUT2D eigenvalue weighted by molar-refractivity contribution is -0.146. The van der Waals surface area contributed by atoms with Crippen LogP contribution in [0.1, 0.15) is 53.5 Å². The second-order valence-electron chi connectivity index (χ2n) is 8.46. The summed E-state index contributed by atoms with van der Waals surface area (Å²) in [5.74, 6) is -4.96. The number of aryl methyl sites for hydroxylation is 3. The summed E-state index contributed by atoms with van der Waals surface area (Å²) < 4.78 is 77.0. The molecule has 174 valence electrons. The summed E-state index contributed by atoms with van der Waals surface area (Å²) in [6, 6.07) is 3.45. The molecule has 3 atom stereocenters. The van der Waals surface area contributed by atoms with Crippen LogP contribution in [0.2, 0.25) is 0 Å². The largest absolute Gasteiger partial charge is 0.466 e. The van der Waals surface area contributed by atoms with Crippen molar-refractivity contribution in [1.82, 2.24) is 0 Å². The van der Waals surface area contributed by atoms with Gasteiger partial charge in [-0.2, -0.15) is 13.2 Å². The van der Waals surface area contributed by atoms with Crippen LogP contribution < -0.4 is 5.73 Å². The molecule has 0 saturated heterocycles. The standard InChI is InChI=1S/C24H26F5NO2/c1-5-32-19(31)10-14-15(9-18(14)30)21-22(25)16(8-17(23(21)26)24(27,28)29)20-12(3)6-11(2)7-13(20)4/h6-8,14-15,18H,5,9-10,30H2,1-4H3/t14-,15?,18?/m0/s1. The molecule has 2 N–H and O–H groups in total. The lowest BCUT2D eigenvalue weighted by atomic mass is 9.64. The molecule has 8 heteroatoms. The van der Waals surface area contributed by atoms with Crippen molar-refractivity contribution >= 4 is 5.97 Å². The number of rotatable bonds is 5. The molecule has 0 spiro atoms. The summed E-state index contributed by atoms with van der Waals surface area (Å²) in [6.45, 7) is 6.91. The fraction of sp³-hybridized carbons (Fsp3) is 0.458. The van der Waals surface area contributed by atoms with Crippen LogP contribution in [0.4, 0.5) is 22.0 Å². The van der Waals surface area contributed by atoms with E-state index in [0.29, 0.717) is 22.8 Å². The van der Waals surface area contributed by atoms with Gasteiger partial charge in [-0.05, 0) is 68.7 Å². The molecule has 0 aromatic heterocycles. The highest BCUT2D eigenvalue weighted by Gasteiger charge is 2.46. The van der Waals surface area contributed by atoms with E-state index >= 15 is 8.78 Å². The van der Waals surface area contributed by atoms with E-state index in [4.69, 9.17) is 10.5 Å². The molecule has 2 aromatic carbocycles.